The molecule has 0 aliphatic carbocycles. The first-order chi connectivity index (χ1) is 12.3. The lowest BCUT2D eigenvalue weighted by atomic mass is 9.89. The smallest absolute Gasteiger partial charge is 0.171 e. The molecule has 1 aliphatic rings. The van der Waals surface area contributed by atoms with Gasteiger partial charge in [0, 0.05) is 18.1 Å². The number of hydrogen-bond acceptors (Lipinski definition) is 3. The molecule has 0 bridgehead atoms. The number of fused-ring (bicyclic) bond motifs is 1. The van der Waals surface area contributed by atoms with E-state index in [9.17, 15) is 8.78 Å². The van der Waals surface area contributed by atoms with Crippen LogP contribution >= 0.6 is 12.2 Å². The summed E-state index contributed by atoms with van der Waals surface area (Å²) in [6, 6.07) is 9.03. The monoisotopic (exact) mass is 378 g/mol. The third kappa shape index (κ3) is 3.88. The molecular weight excluding hydrogens is 358 g/mol. The summed E-state index contributed by atoms with van der Waals surface area (Å²) in [5.74, 6) is -0.0227. The lowest BCUT2D eigenvalue weighted by Crippen LogP contribution is -2.42. The van der Waals surface area contributed by atoms with Gasteiger partial charge >= 0.3 is 0 Å². The largest absolute Gasteiger partial charge is 0.497 e. The molecule has 0 spiro atoms. The minimum absolute atomic E-state index is 0.137. The third-order valence-electron chi connectivity index (χ3n) is 4.18. The highest BCUT2D eigenvalue weighted by Gasteiger charge is 2.34. The van der Waals surface area contributed by atoms with E-state index in [1.54, 1.807) is 7.11 Å². The fourth-order valence-corrected chi connectivity index (χ4v) is 3.26. The molecule has 26 heavy (non-hydrogen) atoms. The molecular formula is C19H20F2N2O2S. The highest BCUT2D eigenvalue weighted by molar-refractivity contribution is 7.80. The van der Waals surface area contributed by atoms with E-state index in [0.717, 1.165) is 5.56 Å². The van der Waals surface area contributed by atoms with E-state index < -0.39 is 17.2 Å². The molecule has 1 heterocycles. The maximum absolute atomic E-state index is 13.8. The third-order valence-corrected chi connectivity index (χ3v) is 4.40. The van der Waals surface area contributed by atoms with Crippen LogP contribution in [0.5, 0.6) is 11.5 Å². The first-order valence-electron chi connectivity index (χ1n) is 8.17. The lowest BCUT2D eigenvalue weighted by Gasteiger charge is -2.38. The summed E-state index contributed by atoms with van der Waals surface area (Å²) in [7, 11) is 1.59. The zero-order valence-electron chi connectivity index (χ0n) is 14.7. The Labute approximate surface area is 156 Å². The Bertz CT molecular complexity index is 822. The number of thiocarbonyl (C=S) groups is 1. The van der Waals surface area contributed by atoms with Crippen LogP contribution in [0.25, 0.3) is 0 Å². The van der Waals surface area contributed by atoms with Crippen molar-refractivity contribution in [2.75, 3.05) is 12.4 Å². The van der Waals surface area contributed by atoms with Crippen LogP contribution in [-0.2, 0) is 0 Å². The van der Waals surface area contributed by atoms with Crippen molar-refractivity contribution in [3.8, 4) is 11.5 Å². The summed E-state index contributed by atoms with van der Waals surface area (Å²) in [4.78, 5) is 0. The number of para-hydroxylation sites is 1. The second kappa shape index (κ2) is 7.07. The van der Waals surface area contributed by atoms with Gasteiger partial charge in [-0.25, -0.2) is 8.78 Å². The van der Waals surface area contributed by atoms with Crippen molar-refractivity contribution >= 4 is 23.0 Å². The van der Waals surface area contributed by atoms with E-state index >= 15 is 0 Å². The number of rotatable bonds is 3. The molecule has 2 aromatic carbocycles. The van der Waals surface area contributed by atoms with Crippen molar-refractivity contribution in [2.24, 2.45) is 0 Å². The van der Waals surface area contributed by atoms with Gasteiger partial charge in [0.05, 0.1) is 13.2 Å². The number of anilines is 1. The molecule has 0 fully saturated rings. The van der Waals surface area contributed by atoms with Crippen LogP contribution in [0, 0.1) is 11.6 Å². The van der Waals surface area contributed by atoms with E-state index in [0.29, 0.717) is 17.9 Å². The van der Waals surface area contributed by atoms with Crippen molar-refractivity contribution in [1.82, 2.24) is 5.32 Å². The van der Waals surface area contributed by atoms with Gasteiger partial charge in [0.25, 0.3) is 0 Å². The zero-order chi connectivity index (χ0) is 18.9. The molecule has 0 aromatic heterocycles. The standard InChI is InChI=1S/C19H20F2N2O2S/c1-19(2)10-15(12-8-7-11(24-3)9-16(12)25-19)22-18(26)23-17-13(20)5-4-6-14(17)21/h4-9,15H,10H2,1-3H3,(H2,22,23,26)/t15-/m1/s1. The minimum atomic E-state index is -0.702. The van der Waals surface area contributed by atoms with Crippen molar-refractivity contribution in [3.63, 3.8) is 0 Å². The predicted molar refractivity (Wildman–Crippen MR) is 101 cm³/mol. The average molecular weight is 378 g/mol. The molecule has 1 atom stereocenters. The number of nitrogens with one attached hydrogen (secondary N) is 2. The number of ether oxygens (including phenoxy) is 2. The number of benzene rings is 2. The number of halogens is 2. The molecule has 2 N–H and O–H groups in total. The number of methoxy groups -OCH3 is 1. The van der Waals surface area contributed by atoms with Crippen molar-refractivity contribution in [1.29, 1.82) is 0 Å². The molecule has 0 saturated carbocycles. The van der Waals surface area contributed by atoms with Gasteiger partial charge in [-0.15, -0.1) is 0 Å². The Kier molecular flexibility index (Phi) is 5.00. The Morgan fingerprint density at radius 2 is 1.92 bits per heavy atom. The van der Waals surface area contributed by atoms with Gasteiger partial charge in [0.15, 0.2) is 5.11 Å². The summed E-state index contributed by atoms with van der Waals surface area (Å²) in [5, 5.41) is 5.89. The molecule has 0 radical (unpaired) electrons. The molecule has 2 aromatic rings. The molecule has 1 aliphatic heterocycles. The lowest BCUT2D eigenvalue weighted by molar-refractivity contribution is 0.0693. The molecule has 4 nitrogen and oxygen atoms in total. The maximum Gasteiger partial charge on any atom is 0.171 e. The Hall–Kier alpha value is -2.41. The highest BCUT2D eigenvalue weighted by Crippen LogP contribution is 2.41. The van der Waals surface area contributed by atoms with Crippen molar-refractivity contribution in [3.05, 3.63) is 53.6 Å². The Morgan fingerprint density at radius 1 is 1.23 bits per heavy atom. The van der Waals surface area contributed by atoms with Crippen LogP contribution in [0.15, 0.2) is 36.4 Å². The van der Waals surface area contributed by atoms with Gasteiger partial charge in [-0.2, -0.15) is 0 Å². The number of hydrogen-bond donors (Lipinski definition) is 2. The van der Waals surface area contributed by atoms with Gasteiger partial charge < -0.3 is 20.1 Å². The Balaban J connectivity index is 1.82. The van der Waals surface area contributed by atoms with Crippen LogP contribution in [0.1, 0.15) is 31.9 Å². The quantitative estimate of drug-likeness (QED) is 0.767. The summed E-state index contributed by atoms with van der Waals surface area (Å²) in [6.45, 7) is 3.94. The topological polar surface area (TPSA) is 42.5 Å². The molecule has 3 rings (SSSR count). The van der Waals surface area contributed by atoms with E-state index in [4.69, 9.17) is 21.7 Å². The van der Waals surface area contributed by atoms with E-state index in [1.165, 1.54) is 18.2 Å². The minimum Gasteiger partial charge on any atom is -0.497 e. The molecule has 7 heteroatoms. The van der Waals surface area contributed by atoms with Gasteiger partial charge in [-0.05, 0) is 50.3 Å². The summed E-state index contributed by atoms with van der Waals surface area (Å²) in [5.41, 5.74) is 0.199. The van der Waals surface area contributed by atoms with Crippen molar-refractivity contribution < 1.29 is 18.3 Å². The normalized spacial score (nSPS) is 17.7. The van der Waals surface area contributed by atoms with Crippen LogP contribution < -0.4 is 20.1 Å². The molecule has 0 unspecified atom stereocenters. The fraction of sp³-hybridized carbons (Fsp3) is 0.316. The predicted octanol–water partition coefficient (Wildman–Crippen LogP) is 4.56. The summed E-state index contributed by atoms with van der Waals surface area (Å²) >= 11 is 5.27. The molecule has 0 saturated heterocycles. The van der Waals surface area contributed by atoms with Gasteiger partial charge in [0.2, 0.25) is 0 Å². The summed E-state index contributed by atoms with van der Waals surface area (Å²) in [6.07, 6.45) is 0.633. The molecule has 138 valence electrons. The zero-order valence-corrected chi connectivity index (χ0v) is 15.5. The SMILES string of the molecule is COc1ccc2c(c1)OC(C)(C)C[C@H]2NC(=S)Nc1c(F)cccc1F. The van der Waals surface area contributed by atoms with Crippen LogP contribution in [0.3, 0.4) is 0 Å². The first kappa shape index (κ1) is 18.4. The highest BCUT2D eigenvalue weighted by atomic mass is 32.1. The average Bonchev–Trinajstić information content (AvgIpc) is 2.56. The van der Waals surface area contributed by atoms with Crippen molar-refractivity contribution in [2.45, 2.75) is 31.9 Å². The van der Waals surface area contributed by atoms with Gasteiger partial charge in [-0.1, -0.05) is 6.07 Å². The van der Waals surface area contributed by atoms with Crippen LogP contribution in [-0.4, -0.2) is 17.8 Å². The molecule has 0 amide bonds. The summed E-state index contributed by atoms with van der Waals surface area (Å²) < 4.78 is 38.9. The second-order valence-electron chi connectivity index (χ2n) is 6.72. The Morgan fingerprint density at radius 3 is 2.58 bits per heavy atom. The van der Waals surface area contributed by atoms with E-state index in [-0.39, 0.29) is 16.8 Å². The first-order valence-corrected chi connectivity index (χ1v) is 8.58. The fourth-order valence-electron chi connectivity index (χ4n) is 3.01. The van der Waals surface area contributed by atoms with Crippen LogP contribution in [0.2, 0.25) is 0 Å². The van der Waals surface area contributed by atoms with Gasteiger partial charge in [0.1, 0.15) is 34.4 Å². The maximum atomic E-state index is 13.8. The van der Waals surface area contributed by atoms with E-state index in [2.05, 4.69) is 10.6 Å². The second-order valence-corrected chi connectivity index (χ2v) is 7.13. The van der Waals surface area contributed by atoms with Crippen LogP contribution in [0.4, 0.5) is 14.5 Å². The van der Waals surface area contributed by atoms with Gasteiger partial charge in [-0.3, -0.25) is 0 Å². The van der Waals surface area contributed by atoms with E-state index in [1.807, 2.05) is 32.0 Å².